The summed E-state index contributed by atoms with van der Waals surface area (Å²) in [7, 11) is 0. The molecule has 0 aromatic carbocycles. The van der Waals surface area contributed by atoms with E-state index in [1.54, 1.807) is 0 Å². The van der Waals surface area contributed by atoms with Crippen molar-refractivity contribution in [3.63, 3.8) is 0 Å². The van der Waals surface area contributed by atoms with Gasteiger partial charge in [-0.3, -0.25) is 4.98 Å². The predicted molar refractivity (Wildman–Crippen MR) is 55.0 cm³/mol. The molecular weight excluding hydrogens is 176 g/mol. The fourth-order valence-corrected chi connectivity index (χ4v) is 1.75. The van der Waals surface area contributed by atoms with Crippen LogP contribution in [0.5, 0.6) is 0 Å². The highest BCUT2D eigenvalue weighted by Gasteiger charge is 2.18. The van der Waals surface area contributed by atoms with Crippen molar-refractivity contribution in [3.05, 3.63) is 30.1 Å². The zero-order valence-electron chi connectivity index (χ0n) is 8.44. The van der Waals surface area contributed by atoms with Gasteiger partial charge in [-0.05, 0) is 37.6 Å². The highest BCUT2D eigenvalue weighted by atomic mass is 16.5. The van der Waals surface area contributed by atoms with Crippen molar-refractivity contribution < 1.29 is 4.74 Å². The van der Waals surface area contributed by atoms with Crippen LogP contribution in [0, 0.1) is 0 Å². The maximum atomic E-state index is 5.91. The van der Waals surface area contributed by atoms with Gasteiger partial charge in [0.25, 0.3) is 0 Å². The average Bonchev–Trinajstić information content (AvgIpc) is 2.72. The summed E-state index contributed by atoms with van der Waals surface area (Å²) in [6.07, 6.45) is 5.28. The maximum absolute atomic E-state index is 5.91. The molecule has 2 heterocycles. The fraction of sp³-hybridized carbons (Fsp3) is 0.545. The van der Waals surface area contributed by atoms with Gasteiger partial charge in [-0.25, -0.2) is 0 Å². The van der Waals surface area contributed by atoms with Gasteiger partial charge in [0.1, 0.15) is 0 Å². The van der Waals surface area contributed by atoms with Crippen LogP contribution in [0.25, 0.3) is 0 Å². The van der Waals surface area contributed by atoms with Crippen LogP contribution in [-0.4, -0.2) is 24.2 Å². The summed E-state index contributed by atoms with van der Waals surface area (Å²) in [4.78, 5) is 3.99. The Balaban J connectivity index is 1.92. The normalized spacial score (nSPS) is 23.6. The lowest BCUT2D eigenvalue weighted by atomic mass is 10.1. The quantitative estimate of drug-likeness (QED) is 0.788. The van der Waals surface area contributed by atoms with E-state index in [2.05, 4.69) is 17.2 Å². The van der Waals surface area contributed by atoms with Crippen molar-refractivity contribution in [2.75, 3.05) is 13.1 Å². The van der Waals surface area contributed by atoms with Crippen LogP contribution in [0.3, 0.4) is 0 Å². The van der Waals surface area contributed by atoms with Gasteiger partial charge in [0.15, 0.2) is 0 Å². The molecule has 0 radical (unpaired) electrons. The van der Waals surface area contributed by atoms with Crippen LogP contribution in [0.2, 0.25) is 0 Å². The molecule has 76 valence electrons. The van der Waals surface area contributed by atoms with Crippen LogP contribution >= 0.6 is 0 Å². The molecule has 1 aliphatic rings. The first-order valence-corrected chi connectivity index (χ1v) is 5.12. The van der Waals surface area contributed by atoms with Crippen molar-refractivity contribution in [2.24, 2.45) is 0 Å². The summed E-state index contributed by atoms with van der Waals surface area (Å²) >= 11 is 0. The Morgan fingerprint density at radius 3 is 2.93 bits per heavy atom. The number of nitrogens with one attached hydrogen (secondary N) is 1. The molecule has 1 fully saturated rings. The topological polar surface area (TPSA) is 34.1 Å². The van der Waals surface area contributed by atoms with Crippen molar-refractivity contribution in [1.82, 2.24) is 10.3 Å². The summed E-state index contributed by atoms with van der Waals surface area (Å²) in [6, 6.07) is 4.01. The predicted octanol–water partition coefficient (Wildman–Crippen LogP) is 1.52. The number of pyridine rings is 1. The Labute approximate surface area is 84.5 Å². The monoisotopic (exact) mass is 192 g/mol. The van der Waals surface area contributed by atoms with Crippen LogP contribution < -0.4 is 5.32 Å². The number of nitrogens with zero attached hydrogens (tertiary/aromatic N) is 1. The average molecular weight is 192 g/mol. The lowest BCUT2D eigenvalue weighted by Crippen LogP contribution is -2.18. The van der Waals surface area contributed by atoms with E-state index < -0.39 is 0 Å². The van der Waals surface area contributed by atoms with Gasteiger partial charge in [-0.1, -0.05) is 0 Å². The van der Waals surface area contributed by atoms with Crippen LogP contribution in [0.15, 0.2) is 24.5 Å². The number of hydrogen-bond acceptors (Lipinski definition) is 3. The molecule has 0 unspecified atom stereocenters. The van der Waals surface area contributed by atoms with Gasteiger partial charge in [-0.2, -0.15) is 0 Å². The molecule has 1 aromatic rings. The number of aromatic nitrogens is 1. The van der Waals surface area contributed by atoms with Gasteiger partial charge < -0.3 is 10.1 Å². The molecule has 0 aliphatic carbocycles. The first kappa shape index (κ1) is 9.62. The van der Waals surface area contributed by atoms with E-state index in [0.717, 1.165) is 19.5 Å². The van der Waals surface area contributed by atoms with Gasteiger partial charge >= 0.3 is 0 Å². The first-order valence-electron chi connectivity index (χ1n) is 5.12. The second-order valence-electron chi connectivity index (χ2n) is 3.67. The smallest absolute Gasteiger partial charge is 0.0802 e. The minimum Gasteiger partial charge on any atom is -0.369 e. The second-order valence-corrected chi connectivity index (χ2v) is 3.67. The Morgan fingerprint density at radius 1 is 1.50 bits per heavy atom. The lowest BCUT2D eigenvalue weighted by Gasteiger charge is -2.17. The number of hydrogen-bond donors (Lipinski definition) is 1. The maximum Gasteiger partial charge on any atom is 0.0802 e. The summed E-state index contributed by atoms with van der Waals surface area (Å²) in [5.74, 6) is 0. The Hall–Kier alpha value is -0.930. The Bertz CT molecular complexity index is 270. The van der Waals surface area contributed by atoms with Gasteiger partial charge in [0.2, 0.25) is 0 Å². The van der Waals surface area contributed by atoms with Crippen LogP contribution in [-0.2, 0) is 4.74 Å². The Kier molecular flexibility index (Phi) is 3.11. The molecule has 0 spiro atoms. The van der Waals surface area contributed by atoms with E-state index in [1.807, 2.05) is 24.5 Å². The third kappa shape index (κ3) is 2.30. The zero-order valence-corrected chi connectivity index (χ0v) is 8.44. The van der Waals surface area contributed by atoms with Gasteiger partial charge in [0, 0.05) is 18.9 Å². The summed E-state index contributed by atoms with van der Waals surface area (Å²) in [5, 5.41) is 3.29. The van der Waals surface area contributed by atoms with Crippen molar-refractivity contribution >= 4 is 0 Å². The molecule has 1 aliphatic heterocycles. The van der Waals surface area contributed by atoms with E-state index in [-0.39, 0.29) is 6.10 Å². The minimum atomic E-state index is 0.169. The van der Waals surface area contributed by atoms with E-state index in [0.29, 0.717) is 6.10 Å². The molecule has 2 rings (SSSR count). The molecule has 1 N–H and O–H groups in total. The molecule has 3 nitrogen and oxygen atoms in total. The van der Waals surface area contributed by atoms with E-state index in [9.17, 15) is 0 Å². The number of rotatable bonds is 3. The van der Waals surface area contributed by atoms with Crippen LogP contribution in [0.4, 0.5) is 0 Å². The summed E-state index contributed by atoms with van der Waals surface area (Å²) in [5.41, 5.74) is 1.20. The van der Waals surface area contributed by atoms with Crippen molar-refractivity contribution in [1.29, 1.82) is 0 Å². The SMILES string of the molecule is C[C@H](O[C@@H]1CCNC1)c1ccncc1. The highest BCUT2D eigenvalue weighted by molar-refractivity contribution is 5.12. The first-order chi connectivity index (χ1) is 6.86. The van der Waals surface area contributed by atoms with Gasteiger partial charge in [-0.15, -0.1) is 0 Å². The molecule has 14 heavy (non-hydrogen) atoms. The minimum absolute atomic E-state index is 0.169. The zero-order chi connectivity index (χ0) is 9.80. The van der Waals surface area contributed by atoms with E-state index >= 15 is 0 Å². The largest absolute Gasteiger partial charge is 0.369 e. The molecular formula is C11H16N2O. The molecule has 1 saturated heterocycles. The molecule has 2 atom stereocenters. The summed E-state index contributed by atoms with van der Waals surface area (Å²) in [6.45, 7) is 4.15. The van der Waals surface area contributed by atoms with E-state index in [4.69, 9.17) is 4.74 Å². The van der Waals surface area contributed by atoms with Gasteiger partial charge in [0.05, 0.1) is 12.2 Å². The fourth-order valence-electron chi connectivity index (χ4n) is 1.75. The molecule has 0 saturated carbocycles. The van der Waals surface area contributed by atoms with Crippen LogP contribution in [0.1, 0.15) is 25.0 Å². The Morgan fingerprint density at radius 2 is 2.29 bits per heavy atom. The standard InChI is InChI=1S/C11H16N2O/c1-9(10-2-5-12-6-3-10)14-11-4-7-13-8-11/h2-3,5-6,9,11,13H,4,7-8H2,1H3/t9-,11+/m0/s1. The molecule has 0 amide bonds. The molecule has 0 bridgehead atoms. The third-order valence-corrected chi connectivity index (χ3v) is 2.59. The van der Waals surface area contributed by atoms with E-state index in [1.165, 1.54) is 5.56 Å². The second kappa shape index (κ2) is 4.53. The third-order valence-electron chi connectivity index (χ3n) is 2.59. The lowest BCUT2D eigenvalue weighted by molar-refractivity contribution is 0.00825. The summed E-state index contributed by atoms with van der Waals surface area (Å²) < 4.78 is 5.91. The number of ether oxygens (including phenoxy) is 1. The molecule has 3 heteroatoms. The van der Waals surface area contributed by atoms with Crippen molar-refractivity contribution in [2.45, 2.75) is 25.6 Å². The van der Waals surface area contributed by atoms with Crippen molar-refractivity contribution in [3.8, 4) is 0 Å². The molecule has 1 aromatic heterocycles. The highest BCUT2D eigenvalue weighted by Crippen LogP contribution is 2.19.